The van der Waals surface area contributed by atoms with Crippen LogP contribution >= 0.6 is 0 Å². The Morgan fingerprint density at radius 1 is 1.22 bits per heavy atom. The molecule has 4 nitrogen and oxygen atoms in total. The topological polar surface area (TPSA) is 44.1 Å². The second kappa shape index (κ2) is 6.65. The van der Waals surface area contributed by atoms with E-state index in [1.54, 1.807) is 19.4 Å². The molecule has 1 aromatic heterocycles. The normalized spacial score (nSPS) is 12.3. The number of esters is 1. The lowest BCUT2D eigenvalue weighted by atomic mass is 10.0. The highest BCUT2D eigenvalue weighted by Gasteiger charge is 2.17. The second-order valence-corrected chi connectivity index (χ2v) is 5.70. The van der Waals surface area contributed by atoms with E-state index in [0.29, 0.717) is 13.0 Å². The van der Waals surface area contributed by atoms with Gasteiger partial charge in [-0.3, -0.25) is 4.79 Å². The van der Waals surface area contributed by atoms with Crippen LogP contribution < -0.4 is 0 Å². The van der Waals surface area contributed by atoms with Crippen molar-refractivity contribution in [1.29, 1.82) is 0 Å². The Morgan fingerprint density at radius 3 is 2.74 bits per heavy atom. The van der Waals surface area contributed by atoms with Crippen molar-refractivity contribution in [3.63, 3.8) is 0 Å². The van der Waals surface area contributed by atoms with E-state index in [9.17, 15) is 4.79 Å². The fourth-order valence-electron chi connectivity index (χ4n) is 2.62. The summed E-state index contributed by atoms with van der Waals surface area (Å²) in [7, 11) is 0. The van der Waals surface area contributed by atoms with Gasteiger partial charge in [-0.1, -0.05) is 42.8 Å². The van der Waals surface area contributed by atoms with Gasteiger partial charge in [-0.2, -0.15) is 0 Å². The quantitative estimate of drug-likeness (QED) is 0.668. The van der Waals surface area contributed by atoms with E-state index in [2.05, 4.69) is 42.2 Å². The van der Waals surface area contributed by atoms with Crippen LogP contribution in [0.3, 0.4) is 0 Å². The Labute approximate surface area is 135 Å². The predicted octanol–water partition coefficient (Wildman–Crippen LogP) is 4.04. The number of aryl methyl sites for hydroxylation is 1. The van der Waals surface area contributed by atoms with E-state index >= 15 is 0 Å². The highest BCUT2D eigenvalue weighted by Crippen LogP contribution is 2.25. The average molecular weight is 308 g/mol. The summed E-state index contributed by atoms with van der Waals surface area (Å²) >= 11 is 0. The van der Waals surface area contributed by atoms with Gasteiger partial charge in [-0.15, -0.1) is 0 Å². The molecule has 4 heteroatoms. The third-order valence-corrected chi connectivity index (χ3v) is 3.89. The molecule has 2 aromatic carbocycles. The number of fused-ring (bicyclic) bond motifs is 1. The SMILES string of the molecule is CCC(=O)OC(Cn1ccnc1)c1ccc2cc(C)ccc2c1. The zero-order chi connectivity index (χ0) is 16.2. The van der Waals surface area contributed by atoms with Crippen molar-refractivity contribution in [2.24, 2.45) is 0 Å². The van der Waals surface area contributed by atoms with Gasteiger partial charge in [0.15, 0.2) is 0 Å². The lowest BCUT2D eigenvalue weighted by Crippen LogP contribution is -2.15. The van der Waals surface area contributed by atoms with Crippen molar-refractivity contribution in [3.8, 4) is 0 Å². The Bertz CT molecular complexity index is 809. The minimum Gasteiger partial charge on any atom is -0.456 e. The number of benzene rings is 2. The summed E-state index contributed by atoms with van der Waals surface area (Å²) in [5.41, 5.74) is 2.23. The third kappa shape index (κ3) is 3.59. The van der Waals surface area contributed by atoms with Gasteiger partial charge in [-0.25, -0.2) is 4.98 Å². The summed E-state index contributed by atoms with van der Waals surface area (Å²) in [6, 6.07) is 12.6. The lowest BCUT2D eigenvalue weighted by Gasteiger charge is -2.19. The van der Waals surface area contributed by atoms with Crippen LogP contribution in [0.5, 0.6) is 0 Å². The molecule has 1 heterocycles. The maximum absolute atomic E-state index is 11.8. The summed E-state index contributed by atoms with van der Waals surface area (Å²) < 4.78 is 7.57. The van der Waals surface area contributed by atoms with Crippen molar-refractivity contribution < 1.29 is 9.53 Å². The van der Waals surface area contributed by atoms with Gasteiger partial charge in [-0.05, 0) is 29.3 Å². The first-order valence-corrected chi connectivity index (χ1v) is 7.81. The standard InChI is InChI=1S/C19H20N2O2/c1-3-19(22)23-18(12-21-9-8-20-13-21)17-7-6-15-10-14(2)4-5-16(15)11-17/h4-11,13,18H,3,12H2,1-2H3. The molecule has 0 aliphatic heterocycles. The van der Waals surface area contributed by atoms with Crippen LogP contribution in [0.4, 0.5) is 0 Å². The molecular weight excluding hydrogens is 288 g/mol. The average Bonchev–Trinajstić information content (AvgIpc) is 3.06. The Balaban J connectivity index is 1.94. The molecule has 0 amide bonds. The molecule has 0 aliphatic carbocycles. The van der Waals surface area contributed by atoms with Gasteiger partial charge in [0.05, 0.1) is 12.9 Å². The Morgan fingerprint density at radius 2 is 2.00 bits per heavy atom. The van der Waals surface area contributed by atoms with Crippen LogP contribution in [0, 0.1) is 6.92 Å². The molecular formula is C19H20N2O2. The lowest BCUT2D eigenvalue weighted by molar-refractivity contribution is -0.149. The maximum atomic E-state index is 11.8. The molecule has 0 spiro atoms. The van der Waals surface area contributed by atoms with E-state index in [0.717, 1.165) is 10.9 Å². The monoisotopic (exact) mass is 308 g/mol. The smallest absolute Gasteiger partial charge is 0.306 e. The predicted molar refractivity (Wildman–Crippen MR) is 90.0 cm³/mol. The maximum Gasteiger partial charge on any atom is 0.306 e. The minimum absolute atomic E-state index is 0.195. The number of carbonyl (C=O) groups excluding carboxylic acids is 1. The fraction of sp³-hybridized carbons (Fsp3) is 0.263. The third-order valence-electron chi connectivity index (χ3n) is 3.89. The molecule has 0 saturated heterocycles. The van der Waals surface area contributed by atoms with Crippen LogP contribution in [-0.4, -0.2) is 15.5 Å². The van der Waals surface area contributed by atoms with Crippen molar-refractivity contribution in [2.75, 3.05) is 0 Å². The summed E-state index contributed by atoms with van der Waals surface area (Å²) in [5.74, 6) is -0.195. The van der Waals surface area contributed by atoms with Crippen molar-refractivity contribution in [3.05, 3.63) is 66.2 Å². The van der Waals surface area contributed by atoms with Crippen LogP contribution in [0.1, 0.15) is 30.6 Å². The van der Waals surface area contributed by atoms with Crippen LogP contribution in [0.2, 0.25) is 0 Å². The molecule has 3 rings (SSSR count). The van der Waals surface area contributed by atoms with Crippen LogP contribution in [0.25, 0.3) is 10.8 Å². The minimum atomic E-state index is -0.317. The van der Waals surface area contributed by atoms with E-state index in [1.807, 2.05) is 16.8 Å². The van der Waals surface area contributed by atoms with Gasteiger partial charge in [0.2, 0.25) is 0 Å². The molecule has 0 aliphatic rings. The summed E-state index contributed by atoms with van der Waals surface area (Å²) in [6.07, 6.45) is 5.38. The van der Waals surface area contributed by atoms with E-state index in [4.69, 9.17) is 4.74 Å². The molecule has 0 saturated carbocycles. The van der Waals surface area contributed by atoms with E-state index in [-0.39, 0.29) is 12.1 Å². The highest BCUT2D eigenvalue weighted by molar-refractivity contribution is 5.84. The van der Waals surface area contributed by atoms with E-state index < -0.39 is 0 Å². The van der Waals surface area contributed by atoms with Crippen LogP contribution in [0.15, 0.2) is 55.1 Å². The second-order valence-electron chi connectivity index (χ2n) is 5.70. The number of rotatable bonds is 5. The molecule has 3 aromatic rings. The van der Waals surface area contributed by atoms with Gasteiger partial charge in [0.1, 0.15) is 6.10 Å². The molecule has 0 radical (unpaired) electrons. The molecule has 0 bridgehead atoms. The first kappa shape index (κ1) is 15.3. The van der Waals surface area contributed by atoms with Crippen LogP contribution in [-0.2, 0) is 16.1 Å². The number of nitrogens with zero attached hydrogens (tertiary/aromatic N) is 2. The Kier molecular flexibility index (Phi) is 4.42. The number of hydrogen-bond donors (Lipinski definition) is 0. The zero-order valence-electron chi connectivity index (χ0n) is 13.4. The summed E-state index contributed by atoms with van der Waals surface area (Å²) in [4.78, 5) is 15.8. The highest BCUT2D eigenvalue weighted by atomic mass is 16.5. The first-order valence-electron chi connectivity index (χ1n) is 7.81. The van der Waals surface area contributed by atoms with Crippen molar-refractivity contribution in [2.45, 2.75) is 32.9 Å². The molecule has 0 N–H and O–H groups in total. The van der Waals surface area contributed by atoms with E-state index in [1.165, 1.54) is 10.9 Å². The fourth-order valence-corrected chi connectivity index (χ4v) is 2.62. The number of carbonyl (C=O) groups is 1. The molecule has 23 heavy (non-hydrogen) atoms. The molecule has 1 atom stereocenters. The molecule has 118 valence electrons. The van der Waals surface area contributed by atoms with Gasteiger partial charge in [0, 0.05) is 18.8 Å². The van der Waals surface area contributed by atoms with Crippen molar-refractivity contribution in [1.82, 2.24) is 9.55 Å². The van der Waals surface area contributed by atoms with Gasteiger partial charge >= 0.3 is 5.97 Å². The number of hydrogen-bond acceptors (Lipinski definition) is 3. The molecule has 0 fully saturated rings. The van der Waals surface area contributed by atoms with Crippen molar-refractivity contribution >= 4 is 16.7 Å². The molecule has 1 unspecified atom stereocenters. The zero-order valence-corrected chi connectivity index (χ0v) is 13.4. The van der Waals surface area contributed by atoms with Gasteiger partial charge in [0.25, 0.3) is 0 Å². The number of ether oxygens (including phenoxy) is 1. The number of aromatic nitrogens is 2. The largest absolute Gasteiger partial charge is 0.456 e. The summed E-state index contributed by atoms with van der Waals surface area (Å²) in [6.45, 7) is 4.45. The first-order chi connectivity index (χ1) is 11.2. The number of imidazole rings is 1. The Hall–Kier alpha value is -2.62. The van der Waals surface area contributed by atoms with Gasteiger partial charge < -0.3 is 9.30 Å². The summed E-state index contributed by atoms with van der Waals surface area (Å²) in [5, 5.41) is 2.34.